The maximum Gasteiger partial charge on any atom is 0.290 e. The Morgan fingerprint density at radius 1 is 1.00 bits per heavy atom. The van der Waals surface area contributed by atoms with Gasteiger partial charge in [0.2, 0.25) is 0 Å². The van der Waals surface area contributed by atoms with Crippen LogP contribution in [-0.4, -0.2) is 21.6 Å². The molecule has 3 rings (SSSR count). The van der Waals surface area contributed by atoms with Gasteiger partial charge in [-0.15, -0.1) is 0 Å². The number of halogens is 1. The lowest BCUT2D eigenvalue weighted by molar-refractivity contribution is 0.0843. The lowest BCUT2D eigenvalue weighted by Crippen LogP contribution is -2.43. The molecule has 1 aromatic heterocycles. The molecule has 1 heterocycles. The zero-order valence-electron chi connectivity index (χ0n) is 14.5. The first-order chi connectivity index (χ1) is 13.0. The fraction of sp³-hybridized carbons (Fsp3) is 0.158. The molecular weight excluding hydrogens is 412 g/mol. The highest BCUT2D eigenvalue weighted by atomic mass is 79.9. The quantitative estimate of drug-likeness (QED) is 0.624. The summed E-state index contributed by atoms with van der Waals surface area (Å²) in [7, 11) is 0. The molecule has 0 fully saturated rings. The number of hydrazine groups is 1. The van der Waals surface area contributed by atoms with Crippen molar-refractivity contribution >= 4 is 38.5 Å². The highest BCUT2D eigenvalue weighted by Gasteiger charge is 2.17. The summed E-state index contributed by atoms with van der Waals surface area (Å²) in [6, 6.07) is 13.6. The number of benzene rings is 2. The fourth-order valence-electron chi connectivity index (χ4n) is 2.65. The Hall–Kier alpha value is -3.00. The largest absolute Gasteiger partial charge is 0.290 e. The second kappa shape index (κ2) is 8.13. The predicted molar refractivity (Wildman–Crippen MR) is 105 cm³/mol. The molecule has 0 radical (unpaired) electrons. The highest BCUT2D eigenvalue weighted by Crippen LogP contribution is 2.16. The molecule has 2 aromatic carbocycles. The molecule has 3 aromatic rings. The number of nitrogens with zero attached hydrogens (tertiary/aromatic N) is 2. The number of hydrogen-bond donors (Lipinski definition) is 2. The van der Waals surface area contributed by atoms with Crippen LogP contribution >= 0.6 is 15.9 Å². The van der Waals surface area contributed by atoms with E-state index in [0.29, 0.717) is 33.8 Å². The Labute approximate surface area is 163 Å². The zero-order valence-corrected chi connectivity index (χ0v) is 16.1. The molecule has 2 N–H and O–H groups in total. The molecule has 0 aliphatic rings. The van der Waals surface area contributed by atoms with E-state index in [1.165, 1.54) is 4.68 Å². The molecule has 0 aliphatic carbocycles. The van der Waals surface area contributed by atoms with Crippen LogP contribution in [0.5, 0.6) is 0 Å². The van der Waals surface area contributed by atoms with Crippen LogP contribution in [0.25, 0.3) is 10.8 Å². The molecule has 27 heavy (non-hydrogen) atoms. The van der Waals surface area contributed by atoms with Gasteiger partial charge in [-0.2, -0.15) is 5.10 Å². The molecule has 0 saturated carbocycles. The maximum absolute atomic E-state index is 12.6. The smallest absolute Gasteiger partial charge is 0.267 e. The Kier molecular flexibility index (Phi) is 5.66. The van der Waals surface area contributed by atoms with Crippen LogP contribution in [0, 0.1) is 0 Å². The second-order valence-corrected chi connectivity index (χ2v) is 6.66. The van der Waals surface area contributed by atoms with Crippen LogP contribution in [0.4, 0.5) is 0 Å². The number of hydrogen-bond acceptors (Lipinski definition) is 4. The van der Waals surface area contributed by atoms with Gasteiger partial charge in [0.05, 0.1) is 10.9 Å². The standard InChI is InChI=1S/C19H17BrN4O3/c1-2-11-24-19(27)13-8-4-3-7-12(13)16(23-24)18(26)22-21-17(25)14-9-5-6-10-15(14)20/h3-10H,2,11H2,1H3,(H,21,25)(H,22,26). The summed E-state index contributed by atoms with van der Waals surface area (Å²) >= 11 is 3.29. The first kappa shape index (κ1) is 18.8. The molecule has 0 spiro atoms. The molecule has 0 aliphatic heterocycles. The lowest BCUT2D eigenvalue weighted by Gasteiger charge is -2.12. The minimum atomic E-state index is -0.601. The van der Waals surface area contributed by atoms with E-state index in [-0.39, 0.29) is 11.3 Å². The van der Waals surface area contributed by atoms with E-state index < -0.39 is 11.8 Å². The number of carbonyl (C=O) groups is 2. The van der Waals surface area contributed by atoms with Gasteiger partial charge in [0.1, 0.15) is 0 Å². The van der Waals surface area contributed by atoms with E-state index in [0.717, 1.165) is 0 Å². The summed E-state index contributed by atoms with van der Waals surface area (Å²) in [6.45, 7) is 2.31. The number of aryl methyl sites for hydroxylation is 1. The minimum absolute atomic E-state index is 0.0751. The Morgan fingerprint density at radius 2 is 1.63 bits per heavy atom. The monoisotopic (exact) mass is 428 g/mol. The van der Waals surface area contributed by atoms with Gasteiger partial charge in [-0.1, -0.05) is 37.3 Å². The van der Waals surface area contributed by atoms with Gasteiger partial charge in [-0.3, -0.25) is 25.2 Å². The van der Waals surface area contributed by atoms with Gasteiger partial charge in [-0.25, -0.2) is 4.68 Å². The van der Waals surface area contributed by atoms with Crippen LogP contribution < -0.4 is 16.4 Å². The van der Waals surface area contributed by atoms with Crippen molar-refractivity contribution in [1.82, 2.24) is 20.6 Å². The summed E-state index contributed by atoms with van der Waals surface area (Å²) in [5.74, 6) is -1.07. The molecule has 2 amide bonds. The number of carbonyl (C=O) groups excluding carboxylic acids is 2. The normalized spacial score (nSPS) is 10.6. The molecule has 0 atom stereocenters. The van der Waals surface area contributed by atoms with Crippen molar-refractivity contribution in [1.29, 1.82) is 0 Å². The van der Waals surface area contributed by atoms with E-state index in [1.807, 2.05) is 6.92 Å². The number of nitrogens with one attached hydrogen (secondary N) is 2. The molecule has 138 valence electrons. The van der Waals surface area contributed by atoms with E-state index in [4.69, 9.17) is 0 Å². The Bertz CT molecular complexity index is 1080. The van der Waals surface area contributed by atoms with Crippen LogP contribution in [0.2, 0.25) is 0 Å². The minimum Gasteiger partial charge on any atom is -0.267 e. The third kappa shape index (κ3) is 3.90. The average molecular weight is 429 g/mol. The predicted octanol–water partition coefficient (Wildman–Crippen LogP) is 2.64. The molecule has 7 nitrogen and oxygen atoms in total. The number of amides is 2. The van der Waals surface area contributed by atoms with E-state index in [1.54, 1.807) is 48.5 Å². The fourth-order valence-corrected chi connectivity index (χ4v) is 3.12. The van der Waals surface area contributed by atoms with Gasteiger partial charge in [-0.05, 0) is 40.5 Å². The van der Waals surface area contributed by atoms with Crippen LogP contribution in [0.1, 0.15) is 34.2 Å². The van der Waals surface area contributed by atoms with E-state index in [2.05, 4.69) is 31.9 Å². The van der Waals surface area contributed by atoms with Crippen molar-refractivity contribution in [2.24, 2.45) is 0 Å². The Balaban J connectivity index is 1.89. The average Bonchev–Trinajstić information content (AvgIpc) is 2.68. The van der Waals surface area contributed by atoms with Gasteiger partial charge < -0.3 is 0 Å². The summed E-state index contributed by atoms with van der Waals surface area (Å²) in [4.78, 5) is 37.4. The third-order valence-corrected chi connectivity index (χ3v) is 4.62. The number of rotatable bonds is 4. The van der Waals surface area contributed by atoms with Gasteiger partial charge >= 0.3 is 0 Å². The molecular formula is C19H17BrN4O3. The first-order valence-corrected chi connectivity index (χ1v) is 9.17. The van der Waals surface area contributed by atoms with Crippen LogP contribution in [0.3, 0.4) is 0 Å². The third-order valence-electron chi connectivity index (χ3n) is 3.93. The number of aromatic nitrogens is 2. The SMILES string of the molecule is CCCn1nc(C(=O)NNC(=O)c2ccccc2Br)c2ccccc2c1=O. The molecule has 8 heteroatoms. The topological polar surface area (TPSA) is 93.1 Å². The van der Waals surface area contributed by atoms with Gasteiger partial charge in [0, 0.05) is 16.4 Å². The summed E-state index contributed by atoms with van der Waals surface area (Å²) in [6.07, 6.45) is 0.699. The van der Waals surface area contributed by atoms with Crippen molar-refractivity contribution in [3.05, 3.63) is 74.6 Å². The van der Waals surface area contributed by atoms with Crippen LogP contribution in [0.15, 0.2) is 57.8 Å². The summed E-state index contributed by atoms with van der Waals surface area (Å²) in [5.41, 5.74) is 4.95. The zero-order chi connectivity index (χ0) is 19.4. The van der Waals surface area contributed by atoms with Crippen molar-refractivity contribution < 1.29 is 9.59 Å². The maximum atomic E-state index is 12.6. The number of fused-ring (bicyclic) bond motifs is 1. The summed E-state index contributed by atoms with van der Waals surface area (Å²) < 4.78 is 1.88. The molecule has 0 bridgehead atoms. The van der Waals surface area contributed by atoms with Crippen molar-refractivity contribution in [2.75, 3.05) is 0 Å². The first-order valence-electron chi connectivity index (χ1n) is 8.38. The Morgan fingerprint density at radius 3 is 2.33 bits per heavy atom. The van der Waals surface area contributed by atoms with Crippen LogP contribution in [-0.2, 0) is 6.54 Å². The molecule has 0 unspecified atom stereocenters. The van der Waals surface area contributed by atoms with Crippen molar-refractivity contribution in [3.8, 4) is 0 Å². The second-order valence-electron chi connectivity index (χ2n) is 5.81. The summed E-state index contributed by atoms with van der Waals surface area (Å²) in [5, 5.41) is 5.03. The van der Waals surface area contributed by atoms with Crippen molar-refractivity contribution in [2.45, 2.75) is 19.9 Å². The van der Waals surface area contributed by atoms with Crippen molar-refractivity contribution in [3.63, 3.8) is 0 Å². The van der Waals surface area contributed by atoms with Gasteiger partial charge in [0.25, 0.3) is 17.4 Å². The van der Waals surface area contributed by atoms with E-state index >= 15 is 0 Å². The van der Waals surface area contributed by atoms with E-state index in [9.17, 15) is 14.4 Å². The van der Waals surface area contributed by atoms with Gasteiger partial charge in [0.15, 0.2) is 5.69 Å². The molecule has 0 saturated heterocycles. The highest BCUT2D eigenvalue weighted by molar-refractivity contribution is 9.10. The lowest BCUT2D eigenvalue weighted by atomic mass is 10.1.